The molecule has 0 aromatic carbocycles. The molecule has 1 atom stereocenters. The fourth-order valence-electron chi connectivity index (χ4n) is 1.55. The van der Waals surface area contributed by atoms with E-state index in [9.17, 15) is 9.59 Å². The molecular weight excluding hydrogens is 253 g/mol. The van der Waals surface area contributed by atoms with Gasteiger partial charge in [0.25, 0.3) is 0 Å². The Morgan fingerprint density at radius 3 is 2.81 bits per heavy atom. The van der Waals surface area contributed by atoms with Crippen LogP contribution in [-0.4, -0.2) is 34.1 Å². The summed E-state index contributed by atoms with van der Waals surface area (Å²) in [6, 6.07) is 0. The molecule has 0 aliphatic carbocycles. The number of aldehydes is 1. The van der Waals surface area contributed by atoms with Crippen molar-refractivity contribution in [2.75, 3.05) is 11.4 Å². The van der Waals surface area contributed by atoms with Gasteiger partial charge in [-0.05, 0) is 0 Å². The second-order valence-electron chi connectivity index (χ2n) is 3.33. The highest BCUT2D eigenvalue weighted by Crippen LogP contribution is 2.27. The summed E-state index contributed by atoms with van der Waals surface area (Å²) in [5.41, 5.74) is 0.114. The molecule has 0 N–H and O–H groups in total. The Bertz CT molecular complexity index is 452. The van der Waals surface area contributed by atoms with Crippen LogP contribution >= 0.6 is 23.2 Å². The van der Waals surface area contributed by atoms with E-state index in [0.717, 1.165) is 0 Å². The van der Waals surface area contributed by atoms with Gasteiger partial charge in [0.05, 0.1) is 10.9 Å². The molecule has 5 nitrogen and oxygen atoms in total. The number of carbonyl (C=O) groups excluding carboxylic acids is 2. The van der Waals surface area contributed by atoms with Crippen LogP contribution in [0, 0.1) is 0 Å². The molecule has 1 amide bonds. The number of nitrogens with zero attached hydrogens (tertiary/aromatic N) is 3. The number of hydrogen-bond donors (Lipinski definition) is 0. The highest BCUT2D eigenvalue weighted by atomic mass is 35.5. The van der Waals surface area contributed by atoms with Crippen LogP contribution < -0.4 is 4.90 Å². The summed E-state index contributed by atoms with van der Waals surface area (Å²) in [7, 11) is 0. The first-order valence-corrected chi connectivity index (χ1v) is 5.35. The summed E-state index contributed by atoms with van der Waals surface area (Å²) in [6.45, 7) is 0.328. The number of rotatable bonds is 2. The Hall–Kier alpha value is -1.20. The summed E-state index contributed by atoms with van der Waals surface area (Å²) in [6.07, 6.45) is 1.98. The minimum atomic E-state index is -0.263. The van der Waals surface area contributed by atoms with Crippen molar-refractivity contribution >= 4 is 41.2 Å². The molecule has 16 heavy (non-hydrogen) atoms. The lowest BCUT2D eigenvalue weighted by molar-refractivity contribution is -0.117. The minimum Gasteiger partial charge on any atom is -0.298 e. The number of alkyl halides is 1. The summed E-state index contributed by atoms with van der Waals surface area (Å²) < 4.78 is 0. The van der Waals surface area contributed by atoms with Gasteiger partial charge in [0.1, 0.15) is 11.5 Å². The number of amides is 1. The standard InChI is InChI=1S/C9H7Cl2N3O2/c10-5-1-7(16)14(2-5)9-6(3-15)8(11)12-4-13-9/h3-5H,1-2H2. The Kier molecular flexibility index (Phi) is 3.07. The van der Waals surface area contributed by atoms with Gasteiger partial charge < -0.3 is 0 Å². The van der Waals surface area contributed by atoms with Crippen molar-refractivity contribution in [3.63, 3.8) is 0 Å². The van der Waals surface area contributed by atoms with E-state index < -0.39 is 0 Å². The first kappa shape index (κ1) is 11.3. The Balaban J connectivity index is 2.44. The zero-order valence-corrected chi connectivity index (χ0v) is 9.57. The Morgan fingerprint density at radius 1 is 1.50 bits per heavy atom. The molecule has 1 saturated heterocycles. The van der Waals surface area contributed by atoms with Crippen LogP contribution in [0.2, 0.25) is 5.15 Å². The van der Waals surface area contributed by atoms with E-state index >= 15 is 0 Å². The maximum atomic E-state index is 11.6. The van der Waals surface area contributed by atoms with Crippen LogP contribution in [0.25, 0.3) is 0 Å². The first-order valence-electron chi connectivity index (χ1n) is 4.53. The molecule has 1 unspecified atom stereocenters. The molecule has 7 heteroatoms. The molecule has 0 bridgehead atoms. The van der Waals surface area contributed by atoms with Gasteiger partial charge in [-0.3, -0.25) is 14.5 Å². The fraction of sp³-hybridized carbons (Fsp3) is 0.333. The van der Waals surface area contributed by atoms with E-state index in [4.69, 9.17) is 23.2 Å². The average Bonchev–Trinajstić information content (AvgIpc) is 2.57. The lowest BCUT2D eigenvalue weighted by Crippen LogP contribution is -2.27. The zero-order chi connectivity index (χ0) is 11.7. The van der Waals surface area contributed by atoms with Gasteiger partial charge in [0.2, 0.25) is 5.91 Å². The van der Waals surface area contributed by atoms with Crippen molar-refractivity contribution in [3.05, 3.63) is 17.0 Å². The predicted molar refractivity (Wildman–Crippen MR) is 59.0 cm³/mol. The molecule has 84 valence electrons. The molecule has 1 aliphatic rings. The monoisotopic (exact) mass is 259 g/mol. The minimum absolute atomic E-state index is 0.0332. The highest BCUT2D eigenvalue weighted by Gasteiger charge is 2.32. The second-order valence-corrected chi connectivity index (χ2v) is 4.30. The van der Waals surface area contributed by atoms with Crippen molar-refractivity contribution in [3.8, 4) is 0 Å². The number of halogens is 2. The molecule has 0 saturated carbocycles. The maximum absolute atomic E-state index is 11.6. The third kappa shape index (κ3) is 1.88. The third-order valence-electron chi connectivity index (χ3n) is 2.27. The van der Waals surface area contributed by atoms with Crippen LogP contribution in [0.15, 0.2) is 6.33 Å². The van der Waals surface area contributed by atoms with Gasteiger partial charge in [-0.15, -0.1) is 11.6 Å². The van der Waals surface area contributed by atoms with E-state index in [1.165, 1.54) is 11.2 Å². The molecular formula is C9H7Cl2N3O2. The topological polar surface area (TPSA) is 63.2 Å². The van der Waals surface area contributed by atoms with E-state index in [1.807, 2.05) is 0 Å². The van der Waals surface area contributed by atoms with Crippen LogP contribution in [0.3, 0.4) is 0 Å². The second kappa shape index (κ2) is 4.35. The van der Waals surface area contributed by atoms with E-state index in [1.54, 1.807) is 0 Å². The lowest BCUT2D eigenvalue weighted by atomic mass is 10.3. The van der Waals surface area contributed by atoms with Gasteiger partial charge in [-0.2, -0.15) is 0 Å². The quantitative estimate of drug-likeness (QED) is 0.456. The van der Waals surface area contributed by atoms with Gasteiger partial charge in [-0.25, -0.2) is 9.97 Å². The molecule has 0 radical (unpaired) electrons. The van der Waals surface area contributed by atoms with Crippen LogP contribution in [0.5, 0.6) is 0 Å². The number of aromatic nitrogens is 2. The maximum Gasteiger partial charge on any atom is 0.229 e. The summed E-state index contributed by atoms with van der Waals surface area (Å²) in [4.78, 5) is 31.4. The van der Waals surface area contributed by atoms with Crippen molar-refractivity contribution in [2.24, 2.45) is 0 Å². The van der Waals surface area contributed by atoms with Gasteiger partial charge >= 0.3 is 0 Å². The molecule has 1 fully saturated rings. The van der Waals surface area contributed by atoms with Crippen molar-refractivity contribution in [2.45, 2.75) is 11.8 Å². The van der Waals surface area contributed by atoms with Gasteiger partial charge in [0, 0.05) is 13.0 Å². The summed E-state index contributed by atoms with van der Waals surface area (Å²) in [5, 5.41) is -0.230. The predicted octanol–water partition coefficient (Wildman–Crippen LogP) is 1.29. The third-order valence-corrected chi connectivity index (χ3v) is 2.86. The average molecular weight is 260 g/mol. The van der Waals surface area contributed by atoms with Crippen molar-refractivity contribution in [1.82, 2.24) is 9.97 Å². The lowest BCUT2D eigenvalue weighted by Gasteiger charge is -2.16. The van der Waals surface area contributed by atoms with Gasteiger partial charge in [-0.1, -0.05) is 11.6 Å². The smallest absolute Gasteiger partial charge is 0.229 e. The highest BCUT2D eigenvalue weighted by molar-refractivity contribution is 6.32. The fourth-order valence-corrected chi connectivity index (χ4v) is 1.99. The SMILES string of the molecule is O=Cc1c(Cl)ncnc1N1CC(Cl)CC1=O. The van der Waals surface area contributed by atoms with Crippen LogP contribution in [0.1, 0.15) is 16.8 Å². The number of hydrogen-bond acceptors (Lipinski definition) is 4. The van der Waals surface area contributed by atoms with E-state index in [0.29, 0.717) is 12.8 Å². The molecule has 1 aliphatic heterocycles. The van der Waals surface area contributed by atoms with E-state index in [-0.39, 0.29) is 34.2 Å². The normalized spacial score (nSPS) is 20.2. The van der Waals surface area contributed by atoms with Crippen LogP contribution in [0.4, 0.5) is 5.82 Å². The molecule has 1 aromatic heterocycles. The van der Waals surface area contributed by atoms with E-state index in [2.05, 4.69) is 9.97 Å². The Morgan fingerprint density at radius 2 is 2.25 bits per heavy atom. The summed E-state index contributed by atoms with van der Waals surface area (Å²) >= 11 is 11.6. The molecule has 2 rings (SSSR count). The zero-order valence-electron chi connectivity index (χ0n) is 8.06. The Labute approximate surface area is 101 Å². The molecule has 1 aromatic rings. The largest absolute Gasteiger partial charge is 0.298 e. The van der Waals surface area contributed by atoms with Gasteiger partial charge in [0.15, 0.2) is 12.1 Å². The molecule has 2 heterocycles. The first-order chi connectivity index (χ1) is 7.63. The van der Waals surface area contributed by atoms with Crippen molar-refractivity contribution < 1.29 is 9.59 Å². The number of carbonyl (C=O) groups is 2. The van der Waals surface area contributed by atoms with Crippen LogP contribution in [-0.2, 0) is 4.79 Å². The van der Waals surface area contributed by atoms with Crippen molar-refractivity contribution in [1.29, 1.82) is 0 Å². The number of anilines is 1. The summed E-state index contributed by atoms with van der Waals surface area (Å²) in [5.74, 6) is 0.0565. The molecule has 0 spiro atoms.